The zero-order valence-corrected chi connectivity index (χ0v) is 12.3. The Kier molecular flexibility index (Phi) is 3.82. The van der Waals surface area contributed by atoms with Crippen molar-refractivity contribution in [1.82, 2.24) is 4.90 Å². The van der Waals surface area contributed by atoms with Gasteiger partial charge in [-0.2, -0.15) is 0 Å². The van der Waals surface area contributed by atoms with Gasteiger partial charge >= 0.3 is 0 Å². The smallest absolute Gasteiger partial charge is 0.0435 e. The first-order valence-corrected chi connectivity index (χ1v) is 6.38. The van der Waals surface area contributed by atoms with E-state index in [9.17, 15) is 0 Å². The first-order valence-electron chi connectivity index (χ1n) is 6.38. The minimum absolute atomic E-state index is 0. The largest absolute Gasteiger partial charge is 0.370 e. The Morgan fingerprint density at radius 3 is 2.78 bits per heavy atom. The number of para-hydroxylation sites is 1. The molecular weight excluding hydrogens is 267 g/mol. The predicted octanol–water partition coefficient (Wildman–Crippen LogP) is 2.55. The molecule has 1 aromatic rings. The number of likely N-dealkylation sites (tertiary alicyclic amines) is 1. The van der Waals surface area contributed by atoms with Gasteiger partial charge in [0.1, 0.15) is 0 Å². The standard InChI is InChI=1S/C14H18N2.2ClH/c1-15-7-11-8-16-6-5-10-3-2-4-12(14(10)16)13(11)9-15;;/h2-4,11,13H,5-9H2,1H3;2*1H/t11-,13-;;/m0../s1. The molecule has 0 radical (unpaired) electrons. The van der Waals surface area contributed by atoms with Crippen LogP contribution in [-0.4, -0.2) is 38.1 Å². The van der Waals surface area contributed by atoms with Crippen LogP contribution >= 0.6 is 24.8 Å². The van der Waals surface area contributed by atoms with Crippen LogP contribution in [-0.2, 0) is 6.42 Å². The average Bonchev–Trinajstić information content (AvgIpc) is 2.84. The lowest BCUT2D eigenvalue weighted by atomic mass is 9.83. The number of nitrogens with zero attached hydrogens (tertiary/aromatic N) is 2. The Morgan fingerprint density at radius 1 is 1.11 bits per heavy atom. The van der Waals surface area contributed by atoms with Crippen LogP contribution in [0.15, 0.2) is 18.2 Å². The topological polar surface area (TPSA) is 6.48 Å². The number of hydrogen-bond acceptors (Lipinski definition) is 2. The molecule has 0 N–H and O–H groups in total. The van der Waals surface area contributed by atoms with Gasteiger partial charge in [-0.15, -0.1) is 24.8 Å². The highest BCUT2D eigenvalue weighted by Gasteiger charge is 2.40. The lowest BCUT2D eigenvalue weighted by molar-refractivity contribution is 0.395. The van der Waals surface area contributed by atoms with Crippen LogP contribution < -0.4 is 4.90 Å². The molecule has 3 heterocycles. The van der Waals surface area contributed by atoms with E-state index in [1.54, 1.807) is 16.8 Å². The zero-order valence-electron chi connectivity index (χ0n) is 10.6. The summed E-state index contributed by atoms with van der Waals surface area (Å²) in [6.45, 7) is 5.08. The van der Waals surface area contributed by atoms with E-state index < -0.39 is 0 Å². The Bertz CT molecular complexity index is 449. The van der Waals surface area contributed by atoms with Crippen LogP contribution in [0.25, 0.3) is 0 Å². The van der Waals surface area contributed by atoms with Crippen molar-refractivity contribution in [1.29, 1.82) is 0 Å². The van der Waals surface area contributed by atoms with Gasteiger partial charge in [0.05, 0.1) is 0 Å². The monoisotopic (exact) mass is 286 g/mol. The van der Waals surface area contributed by atoms with Crippen LogP contribution in [0.1, 0.15) is 17.0 Å². The normalized spacial score (nSPS) is 28.2. The van der Waals surface area contributed by atoms with Crippen LogP contribution in [0.3, 0.4) is 0 Å². The van der Waals surface area contributed by atoms with Crippen molar-refractivity contribution in [3.8, 4) is 0 Å². The molecule has 0 spiro atoms. The minimum Gasteiger partial charge on any atom is -0.370 e. The van der Waals surface area contributed by atoms with Crippen LogP contribution in [0.2, 0.25) is 0 Å². The summed E-state index contributed by atoms with van der Waals surface area (Å²) >= 11 is 0. The van der Waals surface area contributed by atoms with Gasteiger partial charge in [-0.25, -0.2) is 0 Å². The summed E-state index contributed by atoms with van der Waals surface area (Å²) in [6.07, 6.45) is 1.26. The maximum absolute atomic E-state index is 2.63. The number of hydrogen-bond donors (Lipinski definition) is 0. The van der Waals surface area contributed by atoms with Crippen molar-refractivity contribution in [2.75, 3.05) is 38.1 Å². The SMILES string of the molecule is CN1C[C@H]2CN3CCc4cccc(c43)[C@H]2C1.Cl.Cl. The minimum atomic E-state index is 0. The molecule has 100 valence electrons. The molecule has 18 heavy (non-hydrogen) atoms. The maximum Gasteiger partial charge on any atom is 0.0435 e. The molecule has 0 aliphatic carbocycles. The van der Waals surface area contributed by atoms with Crippen LogP contribution in [0.4, 0.5) is 5.69 Å². The Hall–Kier alpha value is -0.440. The van der Waals surface area contributed by atoms with Crippen molar-refractivity contribution >= 4 is 30.5 Å². The lowest BCUT2D eigenvalue weighted by Gasteiger charge is -2.35. The zero-order chi connectivity index (χ0) is 10.7. The van der Waals surface area contributed by atoms with Gasteiger partial charge in [-0.3, -0.25) is 0 Å². The summed E-state index contributed by atoms with van der Waals surface area (Å²) in [5, 5.41) is 0. The summed E-state index contributed by atoms with van der Waals surface area (Å²) in [4.78, 5) is 5.13. The van der Waals surface area contributed by atoms with E-state index in [0.29, 0.717) is 0 Å². The third-order valence-corrected chi connectivity index (χ3v) is 4.60. The third-order valence-electron chi connectivity index (χ3n) is 4.60. The third kappa shape index (κ3) is 1.82. The molecule has 4 heteroatoms. The van der Waals surface area contributed by atoms with Gasteiger partial charge < -0.3 is 9.80 Å². The molecule has 4 rings (SSSR count). The van der Waals surface area contributed by atoms with Crippen molar-refractivity contribution in [2.24, 2.45) is 5.92 Å². The van der Waals surface area contributed by atoms with E-state index in [-0.39, 0.29) is 24.8 Å². The molecule has 0 bridgehead atoms. The molecule has 2 atom stereocenters. The van der Waals surface area contributed by atoms with Gasteiger partial charge in [0.25, 0.3) is 0 Å². The highest BCUT2D eigenvalue weighted by atomic mass is 35.5. The van der Waals surface area contributed by atoms with E-state index in [1.807, 2.05) is 0 Å². The molecule has 3 aliphatic heterocycles. The Morgan fingerprint density at radius 2 is 1.94 bits per heavy atom. The molecule has 0 amide bonds. The fourth-order valence-electron chi connectivity index (χ4n) is 3.95. The van der Waals surface area contributed by atoms with E-state index >= 15 is 0 Å². The quantitative estimate of drug-likeness (QED) is 0.723. The Labute approximate surface area is 121 Å². The van der Waals surface area contributed by atoms with Crippen LogP contribution in [0.5, 0.6) is 0 Å². The van der Waals surface area contributed by atoms with Crippen molar-refractivity contribution in [2.45, 2.75) is 12.3 Å². The molecule has 2 nitrogen and oxygen atoms in total. The van der Waals surface area contributed by atoms with E-state index in [0.717, 1.165) is 11.8 Å². The lowest BCUT2D eigenvalue weighted by Crippen LogP contribution is -2.35. The molecule has 0 saturated carbocycles. The van der Waals surface area contributed by atoms with Gasteiger partial charge in [-0.05, 0) is 30.5 Å². The number of benzene rings is 1. The Balaban J connectivity index is 0.000000602. The molecular formula is C14H20Cl2N2. The van der Waals surface area contributed by atoms with Crippen molar-refractivity contribution in [3.05, 3.63) is 29.3 Å². The molecule has 1 fully saturated rings. The molecule has 3 aliphatic rings. The summed E-state index contributed by atoms with van der Waals surface area (Å²) in [5.41, 5.74) is 4.82. The summed E-state index contributed by atoms with van der Waals surface area (Å²) in [6, 6.07) is 6.95. The fourth-order valence-corrected chi connectivity index (χ4v) is 3.95. The summed E-state index contributed by atoms with van der Waals surface area (Å²) < 4.78 is 0. The van der Waals surface area contributed by atoms with E-state index in [1.165, 1.54) is 32.6 Å². The predicted molar refractivity (Wildman–Crippen MR) is 80.6 cm³/mol. The second-order valence-electron chi connectivity index (χ2n) is 5.64. The first kappa shape index (κ1) is 14.0. The number of rotatable bonds is 0. The molecule has 0 unspecified atom stereocenters. The average molecular weight is 287 g/mol. The number of likely N-dealkylation sites (N-methyl/N-ethyl adjacent to an activating group) is 1. The second kappa shape index (κ2) is 4.92. The fraction of sp³-hybridized carbons (Fsp3) is 0.571. The number of fused-ring (bicyclic) bond motifs is 2. The highest BCUT2D eigenvalue weighted by Crippen LogP contribution is 2.46. The number of halogens is 2. The first-order chi connectivity index (χ1) is 7.83. The van der Waals surface area contributed by atoms with Gasteiger partial charge in [0.15, 0.2) is 0 Å². The van der Waals surface area contributed by atoms with Crippen molar-refractivity contribution < 1.29 is 0 Å². The maximum atomic E-state index is 2.63. The number of anilines is 1. The van der Waals surface area contributed by atoms with E-state index in [2.05, 4.69) is 35.0 Å². The highest BCUT2D eigenvalue weighted by molar-refractivity contribution is 5.85. The van der Waals surface area contributed by atoms with Gasteiger partial charge in [0, 0.05) is 37.8 Å². The second-order valence-corrected chi connectivity index (χ2v) is 5.64. The molecule has 0 aromatic heterocycles. The van der Waals surface area contributed by atoms with E-state index in [4.69, 9.17) is 0 Å². The van der Waals surface area contributed by atoms with Gasteiger partial charge in [0.2, 0.25) is 0 Å². The molecule has 1 aromatic carbocycles. The summed E-state index contributed by atoms with van der Waals surface area (Å²) in [7, 11) is 2.26. The van der Waals surface area contributed by atoms with Gasteiger partial charge in [-0.1, -0.05) is 18.2 Å². The van der Waals surface area contributed by atoms with Crippen molar-refractivity contribution in [3.63, 3.8) is 0 Å². The van der Waals surface area contributed by atoms with Crippen LogP contribution in [0, 0.1) is 5.92 Å². The summed E-state index contributed by atoms with van der Waals surface area (Å²) in [5.74, 6) is 1.67. The molecule has 1 saturated heterocycles.